The van der Waals surface area contributed by atoms with Crippen molar-refractivity contribution in [1.82, 2.24) is 10.2 Å². The molecule has 1 aliphatic rings. The van der Waals surface area contributed by atoms with Gasteiger partial charge in [-0.15, -0.1) is 0 Å². The van der Waals surface area contributed by atoms with Crippen molar-refractivity contribution in [2.75, 3.05) is 18.0 Å². The first-order valence-corrected chi connectivity index (χ1v) is 7.67. The molecule has 1 saturated heterocycles. The van der Waals surface area contributed by atoms with Crippen molar-refractivity contribution in [1.29, 1.82) is 0 Å². The summed E-state index contributed by atoms with van der Waals surface area (Å²) >= 11 is 12.0. The van der Waals surface area contributed by atoms with Crippen molar-refractivity contribution < 1.29 is 5.11 Å². The highest BCUT2D eigenvalue weighted by Crippen LogP contribution is 2.31. The summed E-state index contributed by atoms with van der Waals surface area (Å²) in [4.78, 5) is 13.4. The average Bonchev–Trinajstić information content (AvgIpc) is 2.84. The third-order valence-corrected chi connectivity index (χ3v) is 4.47. The highest BCUT2D eigenvalue weighted by atomic mass is 35.5. The molecule has 1 aromatic carbocycles. The van der Waals surface area contributed by atoms with Gasteiger partial charge in [0.2, 0.25) is 0 Å². The molecule has 1 aromatic heterocycles. The number of nitrogens with zero attached hydrogens (tertiary/aromatic N) is 2. The van der Waals surface area contributed by atoms with Crippen LogP contribution in [0.25, 0.3) is 0 Å². The monoisotopic (exact) mass is 339 g/mol. The number of anilines is 1. The highest BCUT2D eigenvalue weighted by Gasteiger charge is 2.37. The number of rotatable bonds is 3. The predicted molar refractivity (Wildman–Crippen MR) is 86.8 cm³/mol. The van der Waals surface area contributed by atoms with Gasteiger partial charge in [-0.2, -0.15) is 5.10 Å². The van der Waals surface area contributed by atoms with E-state index in [1.165, 1.54) is 6.20 Å². The van der Waals surface area contributed by atoms with Gasteiger partial charge in [0, 0.05) is 24.5 Å². The third kappa shape index (κ3) is 3.11. The minimum Gasteiger partial charge on any atom is -0.388 e. The Hall–Kier alpha value is -1.56. The summed E-state index contributed by atoms with van der Waals surface area (Å²) < 4.78 is 0. The highest BCUT2D eigenvalue weighted by molar-refractivity contribution is 6.33. The molecule has 2 heterocycles. The number of H-pyrrole nitrogens is 1. The largest absolute Gasteiger partial charge is 0.388 e. The van der Waals surface area contributed by atoms with Crippen LogP contribution in [0.2, 0.25) is 10.0 Å². The minimum absolute atomic E-state index is 0.0991. The van der Waals surface area contributed by atoms with Crippen molar-refractivity contribution in [3.05, 3.63) is 56.4 Å². The fraction of sp³-hybridized carbons (Fsp3) is 0.333. The fourth-order valence-electron chi connectivity index (χ4n) is 2.83. The van der Waals surface area contributed by atoms with E-state index >= 15 is 0 Å². The van der Waals surface area contributed by atoms with E-state index in [0.717, 1.165) is 5.56 Å². The van der Waals surface area contributed by atoms with Gasteiger partial charge >= 0.3 is 0 Å². The zero-order valence-corrected chi connectivity index (χ0v) is 13.2. The zero-order valence-electron chi connectivity index (χ0n) is 11.7. The van der Waals surface area contributed by atoms with E-state index in [4.69, 9.17) is 23.2 Å². The van der Waals surface area contributed by atoms with E-state index in [-0.39, 0.29) is 5.02 Å². The number of aromatic nitrogens is 2. The third-order valence-electron chi connectivity index (χ3n) is 3.87. The number of benzene rings is 1. The van der Waals surface area contributed by atoms with Gasteiger partial charge in [-0.05, 0) is 24.1 Å². The van der Waals surface area contributed by atoms with Crippen LogP contribution in [0.1, 0.15) is 12.0 Å². The predicted octanol–water partition coefficient (Wildman–Crippen LogP) is 2.26. The van der Waals surface area contributed by atoms with E-state index in [1.54, 1.807) is 6.07 Å². The lowest BCUT2D eigenvalue weighted by Gasteiger charge is -2.24. The molecule has 1 fully saturated rings. The van der Waals surface area contributed by atoms with Gasteiger partial charge in [-0.3, -0.25) is 4.79 Å². The Kier molecular flexibility index (Phi) is 4.12. The molecule has 5 nitrogen and oxygen atoms in total. The summed E-state index contributed by atoms with van der Waals surface area (Å²) in [6.45, 7) is 1.01. The maximum Gasteiger partial charge on any atom is 0.285 e. The topological polar surface area (TPSA) is 69.2 Å². The normalized spacial score (nSPS) is 21.3. The van der Waals surface area contributed by atoms with Crippen LogP contribution in [0.4, 0.5) is 5.69 Å². The Morgan fingerprint density at radius 1 is 1.41 bits per heavy atom. The van der Waals surface area contributed by atoms with Gasteiger partial charge in [0.25, 0.3) is 5.56 Å². The van der Waals surface area contributed by atoms with Gasteiger partial charge < -0.3 is 10.0 Å². The molecule has 0 amide bonds. The Balaban J connectivity index is 1.79. The molecule has 3 rings (SSSR count). The van der Waals surface area contributed by atoms with Crippen molar-refractivity contribution in [2.45, 2.75) is 18.4 Å². The van der Waals surface area contributed by atoms with Crippen LogP contribution in [-0.2, 0) is 6.42 Å². The Morgan fingerprint density at radius 3 is 3.00 bits per heavy atom. The van der Waals surface area contributed by atoms with Gasteiger partial charge in [-0.1, -0.05) is 35.3 Å². The second-order valence-corrected chi connectivity index (χ2v) is 6.42. The van der Waals surface area contributed by atoms with E-state index in [0.29, 0.717) is 36.6 Å². The standard InChI is InChI=1S/C15H15Cl2N3O2/c16-11-3-1-2-10(6-11)7-15(22)4-5-20(9-15)12-8-18-19-14(21)13(12)17/h1-3,6,8,22H,4-5,7,9H2,(H,19,21)/t15-/m1/s1. The Morgan fingerprint density at radius 2 is 2.23 bits per heavy atom. The Labute approximate surface area is 137 Å². The second kappa shape index (κ2) is 5.91. The van der Waals surface area contributed by atoms with Crippen LogP contribution in [0.3, 0.4) is 0 Å². The summed E-state index contributed by atoms with van der Waals surface area (Å²) in [7, 11) is 0. The molecule has 0 spiro atoms. The first kappa shape index (κ1) is 15.3. The van der Waals surface area contributed by atoms with Gasteiger partial charge in [0.05, 0.1) is 17.5 Å². The Bertz CT molecular complexity index is 750. The number of hydrogen-bond donors (Lipinski definition) is 2. The molecule has 0 bridgehead atoms. The van der Waals surface area contributed by atoms with E-state index in [2.05, 4.69) is 10.2 Å². The number of aliphatic hydroxyl groups is 1. The molecule has 0 saturated carbocycles. The van der Waals surface area contributed by atoms with Crippen LogP contribution >= 0.6 is 23.2 Å². The van der Waals surface area contributed by atoms with Crippen molar-refractivity contribution in [3.8, 4) is 0 Å². The molecule has 22 heavy (non-hydrogen) atoms. The number of β-amino-alcohol motifs (C(OH)–C–C–N with tert-alkyl or cyclic N) is 1. The summed E-state index contributed by atoms with van der Waals surface area (Å²) in [6.07, 6.45) is 2.59. The van der Waals surface area contributed by atoms with Crippen LogP contribution in [0, 0.1) is 0 Å². The van der Waals surface area contributed by atoms with Crippen molar-refractivity contribution >= 4 is 28.9 Å². The lowest BCUT2D eigenvalue weighted by Crippen LogP contribution is -2.35. The molecular formula is C15H15Cl2N3O2. The van der Waals surface area contributed by atoms with Crippen LogP contribution in [0.5, 0.6) is 0 Å². The number of nitrogens with one attached hydrogen (secondary N) is 1. The fourth-order valence-corrected chi connectivity index (χ4v) is 3.25. The molecule has 1 aliphatic heterocycles. The maximum absolute atomic E-state index is 11.5. The molecule has 0 unspecified atom stereocenters. The van der Waals surface area contributed by atoms with Gasteiger partial charge in [-0.25, -0.2) is 5.10 Å². The molecule has 1 atom stereocenters. The molecule has 0 radical (unpaired) electrons. The molecule has 2 aromatic rings. The number of aromatic amines is 1. The number of hydrogen-bond acceptors (Lipinski definition) is 4. The molecular weight excluding hydrogens is 325 g/mol. The SMILES string of the molecule is O=c1[nH]ncc(N2CC[C@@](O)(Cc3cccc(Cl)c3)C2)c1Cl. The lowest BCUT2D eigenvalue weighted by atomic mass is 9.94. The molecule has 2 N–H and O–H groups in total. The van der Waals surface area contributed by atoms with Crippen LogP contribution < -0.4 is 10.5 Å². The van der Waals surface area contributed by atoms with Crippen molar-refractivity contribution in [2.24, 2.45) is 0 Å². The summed E-state index contributed by atoms with van der Waals surface area (Å²) in [5.74, 6) is 0. The summed E-state index contributed by atoms with van der Waals surface area (Å²) in [6, 6.07) is 7.46. The van der Waals surface area contributed by atoms with Crippen LogP contribution in [0.15, 0.2) is 35.3 Å². The van der Waals surface area contributed by atoms with Gasteiger partial charge in [0.15, 0.2) is 0 Å². The van der Waals surface area contributed by atoms with E-state index in [1.807, 2.05) is 23.1 Å². The summed E-state index contributed by atoms with van der Waals surface area (Å²) in [5, 5.41) is 17.6. The van der Waals surface area contributed by atoms with Gasteiger partial charge in [0.1, 0.15) is 5.02 Å². The lowest BCUT2D eigenvalue weighted by molar-refractivity contribution is 0.0637. The maximum atomic E-state index is 11.5. The smallest absolute Gasteiger partial charge is 0.285 e. The molecule has 116 valence electrons. The first-order chi connectivity index (χ1) is 10.5. The zero-order chi connectivity index (χ0) is 15.7. The quantitative estimate of drug-likeness (QED) is 0.899. The second-order valence-electron chi connectivity index (χ2n) is 5.60. The molecule has 0 aliphatic carbocycles. The first-order valence-electron chi connectivity index (χ1n) is 6.92. The van der Waals surface area contributed by atoms with E-state index < -0.39 is 11.2 Å². The van der Waals surface area contributed by atoms with Crippen molar-refractivity contribution in [3.63, 3.8) is 0 Å². The minimum atomic E-state index is -0.878. The summed E-state index contributed by atoms with van der Waals surface area (Å²) in [5.41, 5.74) is 0.222. The van der Waals surface area contributed by atoms with E-state index in [9.17, 15) is 9.90 Å². The average molecular weight is 340 g/mol. The van der Waals surface area contributed by atoms with Crippen LogP contribution in [-0.4, -0.2) is 34.0 Å². The molecule has 7 heteroatoms. The number of halogens is 2.